The van der Waals surface area contributed by atoms with Crippen molar-refractivity contribution in [3.63, 3.8) is 0 Å². The van der Waals surface area contributed by atoms with Gasteiger partial charge < -0.3 is 15.0 Å². The van der Waals surface area contributed by atoms with Crippen LogP contribution in [0.1, 0.15) is 60.3 Å². The van der Waals surface area contributed by atoms with E-state index in [0.29, 0.717) is 5.41 Å². The first-order valence-electron chi connectivity index (χ1n) is 8.87. The predicted molar refractivity (Wildman–Crippen MR) is 89.7 cm³/mol. The van der Waals surface area contributed by atoms with E-state index in [-0.39, 0.29) is 5.54 Å². The van der Waals surface area contributed by atoms with Gasteiger partial charge in [0.05, 0.1) is 0 Å². The second-order valence-electron chi connectivity index (χ2n) is 8.66. The highest BCUT2D eigenvalue weighted by atomic mass is 16.5. The topological polar surface area (TPSA) is 24.5 Å². The molecule has 3 heteroatoms. The van der Waals surface area contributed by atoms with Gasteiger partial charge in [0.15, 0.2) is 0 Å². The molecule has 0 amide bonds. The van der Waals surface area contributed by atoms with E-state index in [1.807, 2.05) is 0 Å². The fraction of sp³-hybridized carbons (Fsp3) is 1.00. The average Bonchev–Trinajstić information content (AvgIpc) is 2.41. The molecule has 2 saturated heterocycles. The molecular weight excluding hydrogens is 260 g/mol. The fourth-order valence-electron chi connectivity index (χ4n) is 3.77. The van der Waals surface area contributed by atoms with Crippen LogP contribution in [0.25, 0.3) is 0 Å². The number of rotatable bonds is 4. The Kier molecular flexibility index (Phi) is 5.72. The van der Waals surface area contributed by atoms with Crippen molar-refractivity contribution in [3.05, 3.63) is 0 Å². The Labute approximate surface area is 131 Å². The van der Waals surface area contributed by atoms with Gasteiger partial charge in [-0.15, -0.1) is 0 Å². The summed E-state index contributed by atoms with van der Waals surface area (Å²) in [5.41, 5.74) is 0.605. The van der Waals surface area contributed by atoms with Crippen LogP contribution >= 0.6 is 0 Å². The molecule has 2 unspecified atom stereocenters. The zero-order valence-corrected chi connectivity index (χ0v) is 14.9. The molecule has 124 valence electrons. The molecule has 0 spiro atoms. The quantitative estimate of drug-likeness (QED) is 0.861. The molecule has 2 atom stereocenters. The Morgan fingerprint density at radius 3 is 2.43 bits per heavy atom. The summed E-state index contributed by atoms with van der Waals surface area (Å²) in [5.74, 6) is 0.898. The van der Waals surface area contributed by atoms with Crippen molar-refractivity contribution in [2.45, 2.75) is 71.9 Å². The molecule has 2 heterocycles. The van der Waals surface area contributed by atoms with Gasteiger partial charge in [-0.05, 0) is 71.3 Å². The summed E-state index contributed by atoms with van der Waals surface area (Å²) >= 11 is 0. The molecule has 0 aromatic carbocycles. The number of nitrogens with one attached hydrogen (secondary N) is 1. The SMILES string of the molecule is CC1CCN(CC2(CNC(C)(C)C)CCOCC2)C(C)C1. The van der Waals surface area contributed by atoms with Gasteiger partial charge in [-0.25, -0.2) is 0 Å². The first-order chi connectivity index (χ1) is 9.80. The molecule has 3 nitrogen and oxygen atoms in total. The van der Waals surface area contributed by atoms with E-state index >= 15 is 0 Å². The second-order valence-corrected chi connectivity index (χ2v) is 8.66. The Morgan fingerprint density at radius 1 is 1.19 bits per heavy atom. The van der Waals surface area contributed by atoms with Crippen molar-refractivity contribution < 1.29 is 4.74 Å². The summed E-state index contributed by atoms with van der Waals surface area (Å²) < 4.78 is 5.64. The molecule has 0 aliphatic carbocycles. The standard InChI is InChI=1S/C18H36N2O/c1-15-6-9-20(16(2)12-15)14-18(7-10-21-11-8-18)13-19-17(3,4)5/h15-16,19H,6-14H2,1-5H3. The summed E-state index contributed by atoms with van der Waals surface area (Å²) in [6.07, 6.45) is 5.13. The zero-order chi connectivity index (χ0) is 15.5. The molecule has 0 saturated carbocycles. The highest BCUT2D eigenvalue weighted by Gasteiger charge is 2.37. The number of hydrogen-bond acceptors (Lipinski definition) is 3. The fourth-order valence-corrected chi connectivity index (χ4v) is 3.77. The van der Waals surface area contributed by atoms with Crippen LogP contribution in [0.2, 0.25) is 0 Å². The second kappa shape index (κ2) is 6.97. The largest absolute Gasteiger partial charge is 0.381 e. The van der Waals surface area contributed by atoms with E-state index in [2.05, 4.69) is 44.8 Å². The molecule has 2 fully saturated rings. The third-order valence-corrected chi connectivity index (χ3v) is 5.36. The number of likely N-dealkylation sites (tertiary alicyclic amines) is 1. The van der Waals surface area contributed by atoms with Crippen LogP contribution in [0, 0.1) is 11.3 Å². The van der Waals surface area contributed by atoms with E-state index in [1.54, 1.807) is 0 Å². The van der Waals surface area contributed by atoms with Gasteiger partial charge >= 0.3 is 0 Å². The average molecular weight is 296 g/mol. The summed E-state index contributed by atoms with van der Waals surface area (Å²) in [5, 5.41) is 3.76. The van der Waals surface area contributed by atoms with E-state index in [4.69, 9.17) is 4.74 Å². The van der Waals surface area contributed by atoms with Crippen LogP contribution in [-0.2, 0) is 4.74 Å². The maximum absolute atomic E-state index is 5.64. The van der Waals surface area contributed by atoms with Gasteiger partial charge in [0, 0.05) is 37.9 Å². The third kappa shape index (κ3) is 5.22. The third-order valence-electron chi connectivity index (χ3n) is 5.36. The van der Waals surface area contributed by atoms with Gasteiger partial charge in [0.1, 0.15) is 0 Å². The van der Waals surface area contributed by atoms with Crippen LogP contribution < -0.4 is 5.32 Å². The summed E-state index contributed by atoms with van der Waals surface area (Å²) in [4.78, 5) is 2.75. The Morgan fingerprint density at radius 2 is 1.86 bits per heavy atom. The predicted octanol–water partition coefficient (Wildman–Crippen LogP) is 3.29. The van der Waals surface area contributed by atoms with Crippen molar-refractivity contribution in [3.8, 4) is 0 Å². The van der Waals surface area contributed by atoms with Crippen LogP contribution in [0.5, 0.6) is 0 Å². The lowest BCUT2D eigenvalue weighted by Crippen LogP contribution is -2.53. The molecule has 0 aromatic rings. The number of nitrogens with zero attached hydrogens (tertiary/aromatic N) is 1. The van der Waals surface area contributed by atoms with E-state index < -0.39 is 0 Å². The lowest BCUT2D eigenvalue weighted by Gasteiger charge is -2.46. The molecule has 21 heavy (non-hydrogen) atoms. The van der Waals surface area contributed by atoms with Gasteiger partial charge in [-0.3, -0.25) is 0 Å². The van der Waals surface area contributed by atoms with Crippen LogP contribution in [-0.4, -0.2) is 49.3 Å². The Bertz CT molecular complexity index is 318. The minimum atomic E-state index is 0.202. The van der Waals surface area contributed by atoms with Crippen LogP contribution in [0.15, 0.2) is 0 Å². The Hall–Kier alpha value is -0.120. The van der Waals surface area contributed by atoms with Gasteiger partial charge in [-0.1, -0.05) is 6.92 Å². The minimum absolute atomic E-state index is 0.202. The monoisotopic (exact) mass is 296 g/mol. The zero-order valence-electron chi connectivity index (χ0n) is 14.9. The van der Waals surface area contributed by atoms with Gasteiger partial charge in [0.25, 0.3) is 0 Å². The normalized spacial score (nSPS) is 31.3. The molecule has 2 aliphatic rings. The van der Waals surface area contributed by atoms with Crippen LogP contribution in [0.3, 0.4) is 0 Å². The van der Waals surface area contributed by atoms with E-state index in [1.165, 1.54) is 38.8 Å². The Balaban J connectivity index is 1.98. The van der Waals surface area contributed by atoms with Gasteiger partial charge in [0.2, 0.25) is 0 Å². The van der Waals surface area contributed by atoms with Crippen molar-refractivity contribution in [2.24, 2.45) is 11.3 Å². The molecule has 2 rings (SSSR count). The van der Waals surface area contributed by atoms with Crippen molar-refractivity contribution in [2.75, 3.05) is 32.8 Å². The maximum Gasteiger partial charge on any atom is 0.0472 e. The van der Waals surface area contributed by atoms with Crippen molar-refractivity contribution in [1.82, 2.24) is 10.2 Å². The molecule has 0 bridgehead atoms. The number of hydrogen-bond donors (Lipinski definition) is 1. The molecule has 1 N–H and O–H groups in total. The first kappa shape index (κ1) is 17.2. The molecular formula is C18H36N2O. The van der Waals surface area contributed by atoms with Gasteiger partial charge in [-0.2, -0.15) is 0 Å². The molecule has 0 radical (unpaired) electrons. The minimum Gasteiger partial charge on any atom is -0.381 e. The maximum atomic E-state index is 5.64. The highest BCUT2D eigenvalue weighted by molar-refractivity contribution is 4.91. The molecule has 2 aliphatic heterocycles. The van der Waals surface area contributed by atoms with Crippen molar-refractivity contribution >= 4 is 0 Å². The van der Waals surface area contributed by atoms with Crippen molar-refractivity contribution in [1.29, 1.82) is 0 Å². The summed E-state index contributed by atoms with van der Waals surface area (Å²) in [6, 6.07) is 0.739. The molecule has 0 aromatic heterocycles. The van der Waals surface area contributed by atoms with E-state index in [9.17, 15) is 0 Å². The lowest BCUT2D eigenvalue weighted by molar-refractivity contribution is -0.0214. The summed E-state index contributed by atoms with van der Waals surface area (Å²) in [7, 11) is 0. The highest BCUT2D eigenvalue weighted by Crippen LogP contribution is 2.34. The van der Waals surface area contributed by atoms with Crippen LogP contribution in [0.4, 0.5) is 0 Å². The summed E-state index contributed by atoms with van der Waals surface area (Å²) in [6.45, 7) is 17.1. The smallest absolute Gasteiger partial charge is 0.0472 e. The number of piperidine rings is 1. The van der Waals surface area contributed by atoms with E-state index in [0.717, 1.165) is 31.7 Å². The number of ether oxygens (including phenoxy) is 1. The first-order valence-corrected chi connectivity index (χ1v) is 8.87. The lowest BCUT2D eigenvalue weighted by atomic mass is 9.78.